The van der Waals surface area contributed by atoms with Gasteiger partial charge in [-0.15, -0.1) is 0 Å². The molecule has 0 radical (unpaired) electrons. The molecule has 35 heavy (non-hydrogen) atoms. The van der Waals surface area contributed by atoms with Gasteiger partial charge < -0.3 is 25.6 Å². The van der Waals surface area contributed by atoms with Crippen molar-refractivity contribution >= 4 is 34.2 Å². The van der Waals surface area contributed by atoms with Gasteiger partial charge in [0.05, 0.1) is 29.4 Å². The smallest absolute Gasteiger partial charge is 0.399 e. The predicted molar refractivity (Wildman–Crippen MR) is 132 cm³/mol. The van der Waals surface area contributed by atoms with E-state index in [-0.39, 0.29) is 11.8 Å². The first kappa shape index (κ1) is 24.8. The first-order chi connectivity index (χ1) is 16.5. The summed E-state index contributed by atoms with van der Waals surface area (Å²) in [6, 6.07) is 5.01. The summed E-state index contributed by atoms with van der Waals surface area (Å²) in [5.41, 5.74) is 6.09. The molecule has 0 saturated carbocycles. The van der Waals surface area contributed by atoms with Crippen molar-refractivity contribution in [2.75, 3.05) is 55.1 Å². The van der Waals surface area contributed by atoms with Gasteiger partial charge in [-0.2, -0.15) is 18.2 Å². The third kappa shape index (κ3) is 5.50. The number of hydrogen-bond acceptors (Lipinski definition) is 8. The van der Waals surface area contributed by atoms with Crippen molar-refractivity contribution in [1.29, 1.82) is 0 Å². The summed E-state index contributed by atoms with van der Waals surface area (Å²) in [5, 5.41) is 4.02. The predicted octanol–water partition coefficient (Wildman–Crippen LogP) is 4.48. The number of alkyl halides is 3. The number of methoxy groups -OCH3 is 1. The van der Waals surface area contributed by atoms with Crippen molar-refractivity contribution in [2.45, 2.75) is 38.1 Å². The fourth-order valence-corrected chi connectivity index (χ4v) is 4.19. The number of pyridine rings is 1. The molecule has 0 bridgehead atoms. The van der Waals surface area contributed by atoms with Crippen LogP contribution < -0.4 is 20.9 Å². The van der Waals surface area contributed by atoms with Gasteiger partial charge in [0.15, 0.2) is 0 Å². The van der Waals surface area contributed by atoms with Gasteiger partial charge in [0.25, 0.3) is 0 Å². The molecule has 0 amide bonds. The minimum Gasteiger partial charge on any atom is -0.399 e. The van der Waals surface area contributed by atoms with Crippen LogP contribution in [0.3, 0.4) is 0 Å². The van der Waals surface area contributed by atoms with E-state index in [0.717, 1.165) is 49.3 Å². The molecule has 188 valence electrons. The molecule has 8 nitrogen and oxygen atoms in total. The van der Waals surface area contributed by atoms with Crippen LogP contribution >= 0.6 is 0 Å². The van der Waals surface area contributed by atoms with Gasteiger partial charge in [0, 0.05) is 45.4 Å². The fourth-order valence-electron chi connectivity index (χ4n) is 4.19. The molecule has 0 unspecified atom stereocenters. The first-order valence-corrected chi connectivity index (χ1v) is 11.4. The topological polar surface area (TPSA) is 92.4 Å². The molecule has 1 aromatic carbocycles. The largest absolute Gasteiger partial charge is 0.416 e. The number of piperidine rings is 1. The molecule has 0 spiro atoms. The average Bonchev–Trinajstić information content (AvgIpc) is 2.82. The fraction of sp³-hybridized carbons (Fsp3) is 0.458. The lowest BCUT2D eigenvalue weighted by molar-refractivity contribution is -0.137. The maximum Gasteiger partial charge on any atom is 0.416 e. The van der Waals surface area contributed by atoms with Crippen LogP contribution in [0.1, 0.15) is 36.9 Å². The number of anilines is 4. The van der Waals surface area contributed by atoms with Crippen LogP contribution in [0, 0.1) is 0 Å². The maximum absolute atomic E-state index is 13.3. The number of nitrogens with zero attached hydrogens (tertiary/aromatic N) is 5. The molecule has 1 saturated heterocycles. The Bertz CT molecular complexity index is 1190. The Hall–Kier alpha value is -3.34. The summed E-state index contributed by atoms with van der Waals surface area (Å²) in [6.45, 7) is 3.41. The molecule has 1 aliphatic heterocycles. The average molecular weight is 490 g/mol. The molecule has 3 heterocycles. The van der Waals surface area contributed by atoms with E-state index in [1.807, 2.05) is 20.2 Å². The number of hydrogen-bond donors (Lipinski definition) is 2. The van der Waals surface area contributed by atoms with Crippen LogP contribution in [0.15, 0.2) is 30.5 Å². The van der Waals surface area contributed by atoms with Gasteiger partial charge in [-0.1, -0.05) is 0 Å². The van der Waals surface area contributed by atoms with Crippen LogP contribution in [-0.2, 0) is 10.9 Å². The maximum atomic E-state index is 13.3. The normalized spacial score (nSPS) is 15.9. The lowest BCUT2D eigenvalue weighted by Gasteiger charge is -2.32. The number of halogens is 3. The number of nitrogens with one attached hydrogen (secondary N) is 1. The number of benzene rings is 1. The van der Waals surface area contributed by atoms with Crippen molar-refractivity contribution in [3.05, 3.63) is 41.6 Å². The van der Waals surface area contributed by atoms with Crippen molar-refractivity contribution in [2.24, 2.45) is 0 Å². The number of fused-ring (bicyclic) bond motifs is 1. The zero-order valence-electron chi connectivity index (χ0n) is 20.2. The molecule has 11 heteroatoms. The van der Waals surface area contributed by atoms with E-state index in [0.29, 0.717) is 22.8 Å². The summed E-state index contributed by atoms with van der Waals surface area (Å²) >= 11 is 0. The minimum atomic E-state index is -4.49. The Morgan fingerprint density at radius 2 is 1.86 bits per heavy atom. The van der Waals surface area contributed by atoms with Gasteiger partial charge in [0.1, 0.15) is 11.6 Å². The summed E-state index contributed by atoms with van der Waals surface area (Å²) < 4.78 is 45.5. The van der Waals surface area contributed by atoms with Crippen LogP contribution in [0.2, 0.25) is 0 Å². The zero-order chi connectivity index (χ0) is 25.3. The number of ether oxygens (including phenoxy) is 1. The molecule has 1 aliphatic rings. The first-order valence-electron chi connectivity index (χ1n) is 11.4. The van der Waals surface area contributed by atoms with E-state index in [2.05, 4.69) is 25.2 Å². The third-order valence-electron chi connectivity index (χ3n) is 6.21. The second-order valence-corrected chi connectivity index (χ2v) is 9.00. The van der Waals surface area contributed by atoms with E-state index in [1.165, 1.54) is 6.07 Å². The summed E-state index contributed by atoms with van der Waals surface area (Å²) in [7, 11) is 5.37. The highest BCUT2D eigenvalue weighted by molar-refractivity contribution is 5.91. The SMILES string of the molecule is COC1CCN(c2cc3c(N[C@H](C)c4cc(N)cc(C(F)(F)F)c4)nc(N(C)C)nc3cn2)CC1. The molecule has 1 fully saturated rings. The van der Waals surface area contributed by atoms with Gasteiger partial charge in [-0.25, -0.2) is 9.97 Å². The van der Waals surface area contributed by atoms with E-state index >= 15 is 0 Å². The van der Waals surface area contributed by atoms with Crippen LogP contribution in [0.5, 0.6) is 0 Å². The van der Waals surface area contributed by atoms with Crippen molar-refractivity contribution in [3.8, 4) is 0 Å². The second-order valence-electron chi connectivity index (χ2n) is 9.00. The lowest BCUT2D eigenvalue weighted by atomic mass is 10.0. The zero-order valence-corrected chi connectivity index (χ0v) is 20.2. The Morgan fingerprint density at radius 1 is 1.14 bits per heavy atom. The van der Waals surface area contributed by atoms with E-state index in [1.54, 1.807) is 25.1 Å². The Morgan fingerprint density at radius 3 is 2.49 bits per heavy atom. The van der Waals surface area contributed by atoms with E-state index in [4.69, 9.17) is 10.5 Å². The number of rotatable bonds is 6. The Balaban J connectivity index is 1.70. The van der Waals surface area contributed by atoms with Crippen LogP contribution in [0.25, 0.3) is 10.9 Å². The highest BCUT2D eigenvalue weighted by Crippen LogP contribution is 2.34. The van der Waals surface area contributed by atoms with Crippen LogP contribution in [-0.4, -0.2) is 55.4 Å². The Labute approximate surface area is 202 Å². The standard InChI is InChI=1S/C24H30F3N7O/c1-14(15-9-16(24(25,26)27)11-17(28)10-15)30-22-19-12-21(34-7-5-18(35-4)6-8-34)29-13-20(19)31-23(32-22)33(2)3/h9-14,18H,5-8,28H2,1-4H3,(H,30,31,32)/t14-/m1/s1. The molecular formula is C24H30F3N7O. The highest BCUT2D eigenvalue weighted by atomic mass is 19.4. The molecule has 2 aromatic heterocycles. The summed E-state index contributed by atoms with van der Waals surface area (Å²) in [4.78, 5) is 17.8. The molecule has 4 rings (SSSR count). The van der Waals surface area contributed by atoms with Gasteiger partial charge in [0.2, 0.25) is 5.95 Å². The van der Waals surface area contributed by atoms with Crippen molar-refractivity contribution in [1.82, 2.24) is 15.0 Å². The van der Waals surface area contributed by atoms with Crippen molar-refractivity contribution < 1.29 is 17.9 Å². The Kier molecular flexibility index (Phi) is 6.88. The third-order valence-corrected chi connectivity index (χ3v) is 6.21. The number of aromatic nitrogens is 3. The quantitative estimate of drug-likeness (QED) is 0.490. The molecular weight excluding hydrogens is 459 g/mol. The summed E-state index contributed by atoms with van der Waals surface area (Å²) in [5.74, 6) is 1.77. The van der Waals surface area contributed by atoms with Crippen molar-refractivity contribution in [3.63, 3.8) is 0 Å². The minimum absolute atomic E-state index is 0.0518. The number of nitrogens with two attached hydrogens (primary N) is 1. The van der Waals surface area contributed by atoms with E-state index < -0.39 is 17.8 Å². The molecule has 3 N–H and O–H groups in total. The summed E-state index contributed by atoms with van der Waals surface area (Å²) in [6.07, 6.45) is -0.715. The monoisotopic (exact) mass is 489 g/mol. The lowest BCUT2D eigenvalue weighted by Crippen LogP contribution is -2.37. The second kappa shape index (κ2) is 9.73. The number of nitrogen functional groups attached to an aromatic ring is 1. The molecule has 1 atom stereocenters. The molecule has 0 aliphatic carbocycles. The molecule has 3 aromatic rings. The van der Waals surface area contributed by atoms with Gasteiger partial charge in [-0.3, -0.25) is 0 Å². The highest BCUT2D eigenvalue weighted by Gasteiger charge is 2.31. The van der Waals surface area contributed by atoms with E-state index in [9.17, 15) is 13.2 Å². The van der Waals surface area contributed by atoms with Gasteiger partial charge in [-0.05, 0) is 49.6 Å². The van der Waals surface area contributed by atoms with Gasteiger partial charge >= 0.3 is 6.18 Å². The van der Waals surface area contributed by atoms with Crippen LogP contribution in [0.4, 0.5) is 36.4 Å².